The Balaban J connectivity index is 1.78. The van der Waals surface area contributed by atoms with E-state index >= 15 is 0 Å². The van der Waals surface area contributed by atoms with Crippen molar-refractivity contribution in [1.82, 2.24) is 24.5 Å². The van der Waals surface area contributed by atoms with E-state index in [9.17, 15) is 10.1 Å². The molecule has 0 spiro atoms. The van der Waals surface area contributed by atoms with Crippen molar-refractivity contribution >= 4 is 33.4 Å². The largest absolute Gasteiger partial charge is 0.307 e. The fraction of sp³-hybridized carbons (Fsp3) is 0.214. The summed E-state index contributed by atoms with van der Waals surface area (Å²) in [4.78, 5) is 10.2. The fourth-order valence-electron chi connectivity index (χ4n) is 2.13. The summed E-state index contributed by atoms with van der Waals surface area (Å²) in [6.07, 6.45) is 2.63. The molecule has 2 heterocycles. The molecule has 0 N–H and O–H groups in total. The van der Waals surface area contributed by atoms with E-state index in [4.69, 9.17) is 0 Å². The molecule has 3 aromatic rings. The molecule has 8 nitrogen and oxygen atoms in total. The molecule has 124 valence electrons. The van der Waals surface area contributed by atoms with Crippen molar-refractivity contribution in [2.45, 2.75) is 24.5 Å². The average molecular weight is 409 g/mol. The van der Waals surface area contributed by atoms with Crippen LogP contribution in [0.25, 0.3) is 11.4 Å². The third-order valence-electron chi connectivity index (χ3n) is 3.29. The molecule has 0 aliphatic carbocycles. The zero-order valence-electron chi connectivity index (χ0n) is 12.7. The highest BCUT2D eigenvalue weighted by Crippen LogP contribution is 2.26. The maximum Gasteiger partial charge on any atom is 0.307 e. The second-order valence-corrected chi connectivity index (χ2v) is 6.65. The molecule has 0 amide bonds. The van der Waals surface area contributed by atoms with E-state index in [1.807, 2.05) is 35.8 Å². The Morgan fingerprint density at radius 2 is 2.04 bits per heavy atom. The molecule has 0 aliphatic heterocycles. The van der Waals surface area contributed by atoms with Crippen LogP contribution in [-0.2, 0) is 12.4 Å². The van der Waals surface area contributed by atoms with Crippen LogP contribution in [0.2, 0.25) is 0 Å². The van der Waals surface area contributed by atoms with Crippen LogP contribution in [0.5, 0.6) is 0 Å². The molecule has 1 aromatic carbocycles. The number of hydrogen-bond donors (Lipinski definition) is 0. The summed E-state index contributed by atoms with van der Waals surface area (Å²) >= 11 is 4.84. The summed E-state index contributed by atoms with van der Waals surface area (Å²) in [6.45, 7) is 2.74. The van der Waals surface area contributed by atoms with Crippen molar-refractivity contribution < 1.29 is 4.92 Å². The van der Waals surface area contributed by atoms with E-state index in [0.29, 0.717) is 5.88 Å². The van der Waals surface area contributed by atoms with Gasteiger partial charge in [-0.25, -0.2) is 0 Å². The quantitative estimate of drug-likeness (QED) is 0.351. The van der Waals surface area contributed by atoms with Crippen LogP contribution in [0, 0.1) is 10.1 Å². The second-order valence-electron chi connectivity index (χ2n) is 4.83. The van der Waals surface area contributed by atoms with E-state index in [1.165, 1.54) is 28.8 Å². The van der Waals surface area contributed by atoms with Crippen molar-refractivity contribution in [3.8, 4) is 11.4 Å². The first-order chi connectivity index (χ1) is 11.6. The summed E-state index contributed by atoms with van der Waals surface area (Å²) < 4.78 is 4.52. The van der Waals surface area contributed by atoms with Crippen molar-refractivity contribution in [2.24, 2.45) is 0 Å². The molecular weight excluding hydrogens is 396 g/mol. The summed E-state index contributed by atoms with van der Waals surface area (Å²) in [5, 5.41) is 23.9. The van der Waals surface area contributed by atoms with E-state index in [1.54, 1.807) is 0 Å². The predicted octanol–water partition coefficient (Wildman–Crippen LogP) is 3.58. The van der Waals surface area contributed by atoms with Gasteiger partial charge in [0.15, 0.2) is 11.0 Å². The Labute approximate surface area is 150 Å². The number of benzene rings is 1. The first-order valence-corrected chi connectivity index (χ1v) is 8.85. The van der Waals surface area contributed by atoms with Crippen molar-refractivity contribution in [3.05, 3.63) is 51.2 Å². The molecule has 0 aliphatic rings. The van der Waals surface area contributed by atoms with E-state index in [0.717, 1.165) is 27.6 Å². The van der Waals surface area contributed by atoms with Gasteiger partial charge in [-0.2, -0.15) is 5.10 Å². The molecular formula is C14H13BrN6O2S. The summed E-state index contributed by atoms with van der Waals surface area (Å²) in [5.41, 5.74) is 0.956. The van der Waals surface area contributed by atoms with Crippen LogP contribution >= 0.6 is 27.7 Å². The van der Waals surface area contributed by atoms with Gasteiger partial charge < -0.3 is 4.57 Å². The number of rotatable bonds is 6. The molecule has 0 radical (unpaired) electrons. The molecule has 3 rings (SSSR count). The lowest BCUT2D eigenvalue weighted by Gasteiger charge is -2.07. The lowest BCUT2D eigenvalue weighted by Crippen LogP contribution is -2.01. The Hall–Kier alpha value is -2.20. The van der Waals surface area contributed by atoms with Crippen LogP contribution in [0.4, 0.5) is 5.69 Å². The van der Waals surface area contributed by atoms with Crippen LogP contribution in [0.3, 0.4) is 0 Å². The summed E-state index contributed by atoms with van der Waals surface area (Å²) in [6, 6.07) is 7.87. The van der Waals surface area contributed by atoms with Crippen LogP contribution in [0.1, 0.15) is 6.92 Å². The summed E-state index contributed by atoms with van der Waals surface area (Å²) in [5.74, 6) is 1.21. The number of thioether (sulfide) groups is 1. The highest BCUT2D eigenvalue weighted by molar-refractivity contribution is 9.10. The van der Waals surface area contributed by atoms with Gasteiger partial charge in [0.1, 0.15) is 12.4 Å². The topological polar surface area (TPSA) is 91.7 Å². The van der Waals surface area contributed by atoms with Gasteiger partial charge in [-0.3, -0.25) is 14.8 Å². The van der Waals surface area contributed by atoms with Crippen molar-refractivity contribution in [2.75, 3.05) is 0 Å². The Bertz CT molecular complexity index is 861. The first kappa shape index (κ1) is 16.7. The highest BCUT2D eigenvalue weighted by Gasteiger charge is 2.14. The number of hydrogen-bond acceptors (Lipinski definition) is 6. The molecule has 0 fully saturated rings. The van der Waals surface area contributed by atoms with Gasteiger partial charge in [-0.15, -0.1) is 10.2 Å². The van der Waals surface area contributed by atoms with Gasteiger partial charge in [0.05, 0.1) is 10.8 Å². The van der Waals surface area contributed by atoms with Crippen molar-refractivity contribution in [3.63, 3.8) is 0 Å². The minimum atomic E-state index is -0.464. The van der Waals surface area contributed by atoms with Gasteiger partial charge >= 0.3 is 5.69 Å². The Kier molecular flexibility index (Phi) is 4.95. The zero-order chi connectivity index (χ0) is 17.1. The average Bonchev–Trinajstić information content (AvgIpc) is 3.20. The molecule has 0 saturated heterocycles. The molecule has 24 heavy (non-hydrogen) atoms. The van der Waals surface area contributed by atoms with E-state index in [2.05, 4.69) is 31.2 Å². The van der Waals surface area contributed by atoms with Crippen LogP contribution < -0.4 is 0 Å². The van der Waals surface area contributed by atoms with E-state index in [-0.39, 0.29) is 5.69 Å². The lowest BCUT2D eigenvalue weighted by molar-refractivity contribution is -0.385. The van der Waals surface area contributed by atoms with Crippen LogP contribution in [0.15, 0.2) is 46.3 Å². The summed E-state index contributed by atoms with van der Waals surface area (Å²) in [7, 11) is 0. The van der Waals surface area contributed by atoms with Gasteiger partial charge in [0.25, 0.3) is 0 Å². The zero-order valence-corrected chi connectivity index (χ0v) is 15.1. The van der Waals surface area contributed by atoms with Crippen LogP contribution in [-0.4, -0.2) is 29.5 Å². The molecule has 0 atom stereocenters. The molecule has 0 bridgehead atoms. The normalized spacial score (nSPS) is 10.9. The molecule has 2 aromatic heterocycles. The SMILES string of the molecule is CCn1c(SCn2cc([N+](=O)[O-])cn2)nnc1-c1ccc(Br)cc1. The maximum atomic E-state index is 10.7. The van der Waals surface area contributed by atoms with Gasteiger partial charge in [-0.1, -0.05) is 39.8 Å². The maximum absolute atomic E-state index is 10.7. The molecule has 10 heteroatoms. The first-order valence-electron chi connectivity index (χ1n) is 7.07. The Morgan fingerprint density at radius 1 is 1.29 bits per heavy atom. The van der Waals surface area contributed by atoms with Gasteiger partial charge in [-0.05, 0) is 19.1 Å². The fourth-order valence-corrected chi connectivity index (χ4v) is 3.26. The van der Waals surface area contributed by atoms with E-state index < -0.39 is 4.92 Å². The van der Waals surface area contributed by atoms with Crippen molar-refractivity contribution in [1.29, 1.82) is 0 Å². The standard InChI is InChI=1S/C14H13BrN6O2S/c1-2-20-13(10-3-5-11(15)6-4-10)17-18-14(20)24-9-19-8-12(7-16-19)21(22)23/h3-8H,2,9H2,1H3. The Morgan fingerprint density at radius 3 is 2.67 bits per heavy atom. The minimum absolute atomic E-state index is 0.0249. The monoisotopic (exact) mass is 408 g/mol. The predicted molar refractivity (Wildman–Crippen MR) is 93.6 cm³/mol. The second kappa shape index (κ2) is 7.14. The molecule has 0 saturated carbocycles. The lowest BCUT2D eigenvalue weighted by atomic mass is 10.2. The number of nitro groups is 1. The minimum Gasteiger partial charge on any atom is -0.302 e. The van der Waals surface area contributed by atoms with Gasteiger partial charge in [0, 0.05) is 16.6 Å². The number of aromatic nitrogens is 5. The smallest absolute Gasteiger partial charge is 0.302 e. The number of nitrogens with zero attached hydrogens (tertiary/aromatic N) is 6. The molecule has 0 unspecified atom stereocenters. The third kappa shape index (κ3) is 3.49. The third-order valence-corrected chi connectivity index (χ3v) is 4.77. The van der Waals surface area contributed by atoms with Gasteiger partial charge in [0.2, 0.25) is 0 Å². The number of halogens is 1. The highest BCUT2D eigenvalue weighted by atomic mass is 79.9.